The Balaban J connectivity index is 1.86. The Morgan fingerprint density at radius 2 is 1.90 bits per heavy atom. The van der Waals surface area contributed by atoms with Crippen LogP contribution in [0.2, 0.25) is 0 Å². The maximum absolute atomic E-state index is 8.86. The van der Waals surface area contributed by atoms with Crippen molar-refractivity contribution >= 4 is 21.8 Å². The van der Waals surface area contributed by atoms with Crippen molar-refractivity contribution in [2.75, 3.05) is 26.2 Å². The molecule has 1 heterocycles. The molecule has 21 heavy (non-hydrogen) atoms. The number of halogens is 1. The van der Waals surface area contributed by atoms with Gasteiger partial charge in [-0.3, -0.25) is 9.80 Å². The molecule has 1 unspecified atom stereocenters. The van der Waals surface area contributed by atoms with Crippen LogP contribution in [0.3, 0.4) is 0 Å². The average molecular weight is 355 g/mol. The van der Waals surface area contributed by atoms with Gasteiger partial charge in [-0.2, -0.15) is 0 Å². The first-order valence-electron chi connectivity index (χ1n) is 7.32. The van der Waals surface area contributed by atoms with Gasteiger partial charge >= 0.3 is 0 Å². The average Bonchev–Trinajstić information content (AvgIpc) is 2.51. The first-order chi connectivity index (χ1) is 10.1. The van der Waals surface area contributed by atoms with Gasteiger partial charge in [-0.1, -0.05) is 40.1 Å². The van der Waals surface area contributed by atoms with Crippen molar-refractivity contribution in [2.24, 2.45) is 10.9 Å². The Hall–Kier alpha value is -1.11. The number of piperazine rings is 1. The van der Waals surface area contributed by atoms with E-state index in [-0.39, 0.29) is 6.04 Å². The van der Waals surface area contributed by atoms with Crippen LogP contribution < -0.4 is 5.73 Å². The largest absolute Gasteiger partial charge is 0.409 e. The molecule has 0 spiro atoms. The molecule has 0 aromatic heterocycles. The Morgan fingerprint density at radius 1 is 1.29 bits per heavy atom. The molecule has 1 aromatic carbocycles. The van der Waals surface area contributed by atoms with Crippen LogP contribution in [0.4, 0.5) is 0 Å². The number of nitrogens with two attached hydrogens (primary N) is 1. The quantitative estimate of drug-likeness (QED) is 0.367. The maximum atomic E-state index is 8.86. The molecular formula is C15H23BrN4O. The van der Waals surface area contributed by atoms with E-state index in [4.69, 9.17) is 10.9 Å². The van der Waals surface area contributed by atoms with Crippen LogP contribution in [0, 0.1) is 0 Å². The molecule has 1 aromatic rings. The van der Waals surface area contributed by atoms with Crippen LogP contribution in [-0.4, -0.2) is 53.1 Å². The van der Waals surface area contributed by atoms with Gasteiger partial charge in [0.2, 0.25) is 0 Å². The third kappa shape index (κ3) is 4.43. The summed E-state index contributed by atoms with van der Waals surface area (Å²) in [4.78, 5) is 4.74. The van der Waals surface area contributed by atoms with E-state index in [9.17, 15) is 0 Å². The van der Waals surface area contributed by atoms with Crippen molar-refractivity contribution in [1.82, 2.24) is 9.80 Å². The Bertz CT molecular complexity index is 469. The fourth-order valence-electron chi connectivity index (χ4n) is 2.80. The molecule has 5 nitrogen and oxygen atoms in total. The Labute approximate surface area is 134 Å². The smallest absolute Gasteiger partial charge is 0.156 e. The standard InChI is InChI=1S/C15H23BrN4O/c1-2-14(15(17)18-21)20-9-7-19(8-10-20)11-12-3-5-13(16)6-4-12/h3-6,14,21H,2,7-11H2,1H3,(H2,17,18). The molecule has 0 amide bonds. The lowest BCUT2D eigenvalue weighted by molar-refractivity contribution is 0.110. The van der Waals surface area contributed by atoms with E-state index in [1.54, 1.807) is 0 Å². The van der Waals surface area contributed by atoms with Gasteiger partial charge in [-0.05, 0) is 24.1 Å². The predicted octanol–water partition coefficient (Wildman–Crippen LogP) is 2.09. The first-order valence-corrected chi connectivity index (χ1v) is 8.11. The van der Waals surface area contributed by atoms with Gasteiger partial charge in [0.25, 0.3) is 0 Å². The molecule has 116 valence electrons. The topological polar surface area (TPSA) is 65.1 Å². The Kier molecular flexibility index (Phi) is 6.02. The number of hydrogen-bond donors (Lipinski definition) is 2. The normalized spacial score (nSPS) is 19.6. The van der Waals surface area contributed by atoms with E-state index in [1.807, 2.05) is 0 Å². The molecule has 1 atom stereocenters. The second-order valence-electron chi connectivity index (χ2n) is 5.39. The fraction of sp³-hybridized carbons (Fsp3) is 0.533. The summed E-state index contributed by atoms with van der Waals surface area (Å²) in [7, 11) is 0. The van der Waals surface area contributed by atoms with Gasteiger partial charge in [0, 0.05) is 37.2 Å². The molecule has 1 aliphatic heterocycles. The van der Waals surface area contributed by atoms with Gasteiger partial charge in [0.05, 0.1) is 6.04 Å². The minimum Gasteiger partial charge on any atom is -0.409 e. The second kappa shape index (κ2) is 7.77. The highest BCUT2D eigenvalue weighted by Crippen LogP contribution is 2.15. The highest BCUT2D eigenvalue weighted by Gasteiger charge is 2.25. The third-order valence-corrected chi connectivity index (χ3v) is 4.54. The zero-order valence-corrected chi connectivity index (χ0v) is 14.0. The van der Waals surface area contributed by atoms with Crippen molar-refractivity contribution in [3.63, 3.8) is 0 Å². The molecule has 6 heteroatoms. The lowest BCUT2D eigenvalue weighted by Gasteiger charge is -2.38. The summed E-state index contributed by atoms with van der Waals surface area (Å²) in [6.07, 6.45) is 0.864. The van der Waals surface area contributed by atoms with Gasteiger partial charge in [-0.25, -0.2) is 0 Å². The van der Waals surface area contributed by atoms with Crippen LogP contribution in [-0.2, 0) is 6.54 Å². The van der Waals surface area contributed by atoms with Crippen LogP contribution >= 0.6 is 15.9 Å². The molecule has 0 radical (unpaired) electrons. The van der Waals surface area contributed by atoms with Crippen molar-refractivity contribution in [3.05, 3.63) is 34.3 Å². The highest BCUT2D eigenvalue weighted by molar-refractivity contribution is 9.10. The van der Waals surface area contributed by atoms with Crippen LogP contribution in [0.5, 0.6) is 0 Å². The molecule has 1 saturated heterocycles. The van der Waals surface area contributed by atoms with E-state index in [2.05, 4.69) is 62.1 Å². The fourth-order valence-corrected chi connectivity index (χ4v) is 3.07. The number of benzene rings is 1. The second-order valence-corrected chi connectivity index (χ2v) is 6.30. The molecule has 2 rings (SSSR count). The summed E-state index contributed by atoms with van der Waals surface area (Å²) in [5.74, 6) is 0.318. The number of amidine groups is 1. The number of hydrogen-bond acceptors (Lipinski definition) is 4. The van der Waals surface area contributed by atoms with Gasteiger partial charge in [0.1, 0.15) is 0 Å². The van der Waals surface area contributed by atoms with Crippen molar-refractivity contribution < 1.29 is 5.21 Å². The van der Waals surface area contributed by atoms with E-state index in [0.717, 1.165) is 43.6 Å². The molecule has 3 N–H and O–H groups in total. The predicted molar refractivity (Wildman–Crippen MR) is 88.5 cm³/mol. The lowest BCUT2D eigenvalue weighted by atomic mass is 10.1. The summed E-state index contributed by atoms with van der Waals surface area (Å²) in [5, 5.41) is 12.0. The molecule has 0 saturated carbocycles. The lowest BCUT2D eigenvalue weighted by Crippen LogP contribution is -2.53. The van der Waals surface area contributed by atoms with Gasteiger partial charge in [-0.15, -0.1) is 0 Å². The van der Waals surface area contributed by atoms with Crippen molar-refractivity contribution in [1.29, 1.82) is 0 Å². The summed E-state index contributed by atoms with van der Waals surface area (Å²) < 4.78 is 1.11. The zero-order chi connectivity index (χ0) is 15.2. The van der Waals surface area contributed by atoms with E-state index in [0.29, 0.717) is 5.84 Å². The summed E-state index contributed by atoms with van der Waals surface area (Å²) in [6, 6.07) is 8.52. The zero-order valence-electron chi connectivity index (χ0n) is 12.4. The van der Waals surface area contributed by atoms with Gasteiger partial charge < -0.3 is 10.9 Å². The monoisotopic (exact) mass is 354 g/mol. The van der Waals surface area contributed by atoms with Crippen LogP contribution in [0.25, 0.3) is 0 Å². The highest BCUT2D eigenvalue weighted by atomic mass is 79.9. The van der Waals surface area contributed by atoms with Gasteiger partial charge in [0.15, 0.2) is 5.84 Å². The minimum atomic E-state index is 0.0461. The third-order valence-electron chi connectivity index (χ3n) is 4.01. The SMILES string of the molecule is CCC(C(N)=NO)N1CCN(Cc2ccc(Br)cc2)CC1. The van der Waals surface area contributed by atoms with Crippen LogP contribution in [0.15, 0.2) is 33.9 Å². The molecule has 1 aliphatic rings. The van der Waals surface area contributed by atoms with Crippen LogP contribution in [0.1, 0.15) is 18.9 Å². The maximum Gasteiger partial charge on any atom is 0.156 e. The summed E-state index contributed by atoms with van der Waals surface area (Å²) in [5.41, 5.74) is 7.10. The van der Waals surface area contributed by atoms with E-state index >= 15 is 0 Å². The molecule has 0 aliphatic carbocycles. The minimum absolute atomic E-state index is 0.0461. The molecular weight excluding hydrogens is 332 g/mol. The van der Waals surface area contributed by atoms with E-state index < -0.39 is 0 Å². The summed E-state index contributed by atoms with van der Waals surface area (Å²) >= 11 is 3.46. The number of rotatable bonds is 5. The first kappa shape index (κ1) is 16.3. The van der Waals surface area contributed by atoms with Crippen molar-refractivity contribution in [3.8, 4) is 0 Å². The molecule has 1 fully saturated rings. The number of oxime groups is 1. The number of nitrogens with zero attached hydrogens (tertiary/aromatic N) is 3. The van der Waals surface area contributed by atoms with Crippen molar-refractivity contribution in [2.45, 2.75) is 25.9 Å². The molecule has 0 bridgehead atoms. The van der Waals surface area contributed by atoms with E-state index in [1.165, 1.54) is 5.56 Å². The summed E-state index contributed by atoms with van der Waals surface area (Å²) in [6.45, 7) is 6.95. The Morgan fingerprint density at radius 3 is 2.43 bits per heavy atom.